The molecule has 0 atom stereocenters. The topological polar surface area (TPSA) is 56.7 Å². The van der Waals surface area contributed by atoms with Gasteiger partial charge in [0.1, 0.15) is 0 Å². The van der Waals surface area contributed by atoms with Crippen LogP contribution in [0.2, 0.25) is 0 Å². The van der Waals surface area contributed by atoms with Gasteiger partial charge in [-0.25, -0.2) is 5.01 Å². The summed E-state index contributed by atoms with van der Waals surface area (Å²) < 4.78 is 0. The first kappa shape index (κ1) is 19.0. The third kappa shape index (κ3) is 4.23. The van der Waals surface area contributed by atoms with Crippen molar-refractivity contribution in [3.05, 3.63) is 47.5 Å². The van der Waals surface area contributed by atoms with Crippen molar-refractivity contribution >= 4 is 35.3 Å². The van der Waals surface area contributed by atoms with Gasteiger partial charge < -0.3 is 5.32 Å². The minimum atomic E-state index is -0.0584. The Balaban J connectivity index is 1.56. The molecule has 2 aliphatic heterocycles. The van der Waals surface area contributed by atoms with Gasteiger partial charge in [-0.1, -0.05) is 31.2 Å². The number of carbonyl (C=O) groups is 1. The molecule has 4 rings (SSSR count). The number of hydrogen-bond acceptors (Lipinski definition) is 5. The SMILES string of the molecule is CCCNc1cccc2c1C=Nc1cc(C(=O)NN3CCCCC3)ccc1S2. The van der Waals surface area contributed by atoms with Crippen molar-refractivity contribution in [1.29, 1.82) is 0 Å². The smallest absolute Gasteiger partial charge is 0.265 e. The molecule has 0 radical (unpaired) electrons. The first-order chi connectivity index (χ1) is 13.7. The third-order valence-corrected chi connectivity index (χ3v) is 6.16. The molecule has 1 amide bonds. The van der Waals surface area contributed by atoms with Crippen LogP contribution < -0.4 is 10.7 Å². The van der Waals surface area contributed by atoms with Gasteiger partial charge in [0.25, 0.3) is 5.91 Å². The molecule has 0 aliphatic carbocycles. The fourth-order valence-corrected chi connectivity index (χ4v) is 4.50. The molecule has 2 heterocycles. The van der Waals surface area contributed by atoms with Crippen molar-refractivity contribution < 1.29 is 4.79 Å². The second kappa shape index (κ2) is 8.80. The van der Waals surface area contributed by atoms with Crippen molar-refractivity contribution in [3.8, 4) is 0 Å². The van der Waals surface area contributed by atoms with Crippen LogP contribution in [0.15, 0.2) is 51.2 Å². The number of hydrazine groups is 1. The largest absolute Gasteiger partial charge is 0.384 e. The van der Waals surface area contributed by atoms with Crippen molar-refractivity contribution in [2.45, 2.75) is 42.4 Å². The van der Waals surface area contributed by atoms with Gasteiger partial charge in [0.2, 0.25) is 0 Å². The Labute approximate surface area is 170 Å². The second-order valence-electron chi connectivity index (χ2n) is 7.18. The molecule has 2 aromatic rings. The van der Waals surface area contributed by atoms with Crippen LogP contribution in [-0.4, -0.2) is 36.8 Å². The van der Waals surface area contributed by atoms with Gasteiger partial charge in [0, 0.05) is 52.5 Å². The van der Waals surface area contributed by atoms with E-state index in [1.54, 1.807) is 11.8 Å². The van der Waals surface area contributed by atoms with Crippen molar-refractivity contribution in [1.82, 2.24) is 10.4 Å². The van der Waals surface area contributed by atoms with E-state index in [1.807, 2.05) is 29.4 Å². The zero-order valence-corrected chi connectivity index (χ0v) is 17.0. The maximum absolute atomic E-state index is 12.7. The predicted molar refractivity (Wildman–Crippen MR) is 116 cm³/mol. The van der Waals surface area contributed by atoms with Gasteiger partial charge in [-0.3, -0.25) is 15.2 Å². The van der Waals surface area contributed by atoms with E-state index in [2.05, 4.69) is 35.9 Å². The molecule has 0 unspecified atom stereocenters. The molecule has 146 valence electrons. The van der Waals surface area contributed by atoms with Crippen LogP contribution in [0.3, 0.4) is 0 Å². The van der Waals surface area contributed by atoms with Crippen LogP contribution >= 0.6 is 11.8 Å². The highest BCUT2D eigenvalue weighted by Crippen LogP contribution is 2.41. The summed E-state index contributed by atoms with van der Waals surface area (Å²) in [7, 11) is 0. The highest BCUT2D eigenvalue weighted by atomic mass is 32.2. The van der Waals surface area contributed by atoms with Crippen LogP contribution in [0.1, 0.15) is 48.5 Å². The Morgan fingerprint density at radius 1 is 1.14 bits per heavy atom. The summed E-state index contributed by atoms with van der Waals surface area (Å²) in [6.45, 7) is 4.94. The quantitative estimate of drug-likeness (QED) is 0.649. The Bertz CT molecular complexity index is 890. The number of fused-ring (bicyclic) bond motifs is 2. The van der Waals surface area contributed by atoms with E-state index >= 15 is 0 Å². The minimum Gasteiger partial charge on any atom is -0.384 e. The minimum absolute atomic E-state index is 0.0584. The number of rotatable bonds is 5. The molecule has 2 N–H and O–H groups in total. The third-order valence-electron chi connectivity index (χ3n) is 5.02. The monoisotopic (exact) mass is 394 g/mol. The molecule has 2 aliphatic rings. The molecule has 1 saturated heterocycles. The average molecular weight is 395 g/mol. The van der Waals surface area contributed by atoms with Gasteiger partial charge in [-0.2, -0.15) is 0 Å². The number of nitrogens with zero attached hydrogens (tertiary/aromatic N) is 2. The number of aliphatic imine (C=N–C) groups is 1. The highest BCUT2D eigenvalue weighted by Gasteiger charge is 2.18. The number of carbonyl (C=O) groups excluding carboxylic acids is 1. The summed E-state index contributed by atoms with van der Waals surface area (Å²) in [6.07, 6.45) is 6.51. The summed E-state index contributed by atoms with van der Waals surface area (Å²) >= 11 is 1.70. The van der Waals surface area contributed by atoms with Crippen LogP contribution in [-0.2, 0) is 0 Å². The van der Waals surface area contributed by atoms with E-state index in [4.69, 9.17) is 4.99 Å². The van der Waals surface area contributed by atoms with E-state index in [-0.39, 0.29) is 5.91 Å². The summed E-state index contributed by atoms with van der Waals surface area (Å²) in [5.74, 6) is -0.0584. The van der Waals surface area contributed by atoms with E-state index in [0.717, 1.165) is 60.7 Å². The molecule has 0 spiro atoms. The van der Waals surface area contributed by atoms with Crippen molar-refractivity contribution in [2.24, 2.45) is 4.99 Å². The molecule has 0 aromatic heterocycles. The van der Waals surface area contributed by atoms with Gasteiger partial charge in [-0.05, 0) is 49.6 Å². The number of hydrogen-bond donors (Lipinski definition) is 2. The lowest BCUT2D eigenvalue weighted by Crippen LogP contribution is -2.45. The Morgan fingerprint density at radius 3 is 2.82 bits per heavy atom. The van der Waals surface area contributed by atoms with Crippen LogP contribution in [0.25, 0.3) is 0 Å². The van der Waals surface area contributed by atoms with E-state index in [1.165, 1.54) is 11.3 Å². The molecule has 6 heteroatoms. The molecule has 1 fully saturated rings. The average Bonchev–Trinajstić information content (AvgIpc) is 2.92. The fraction of sp³-hybridized carbons (Fsp3) is 0.364. The van der Waals surface area contributed by atoms with Gasteiger partial charge in [0.15, 0.2) is 0 Å². The number of anilines is 1. The predicted octanol–water partition coefficient (Wildman–Crippen LogP) is 4.85. The van der Waals surface area contributed by atoms with Crippen LogP contribution in [0.4, 0.5) is 11.4 Å². The summed E-state index contributed by atoms with van der Waals surface area (Å²) in [5, 5.41) is 5.50. The molecule has 0 saturated carbocycles. The molecular formula is C22H26N4OS. The van der Waals surface area contributed by atoms with E-state index in [9.17, 15) is 4.79 Å². The van der Waals surface area contributed by atoms with E-state index in [0.29, 0.717) is 5.56 Å². The lowest BCUT2D eigenvalue weighted by molar-refractivity contribution is 0.0750. The summed E-state index contributed by atoms with van der Waals surface area (Å²) in [4.78, 5) is 19.6. The second-order valence-corrected chi connectivity index (χ2v) is 8.26. The van der Waals surface area contributed by atoms with Gasteiger partial charge >= 0.3 is 0 Å². The number of amides is 1. The molecular weight excluding hydrogens is 368 g/mol. The normalized spacial score (nSPS) is 16.0. The zero-order valence-electron chi connectivity index (χ0n) is 16.2. The number of piperidine rings is 1. The number of benzene rings is 2. The fourth-order valence-electron chi connectivity index (χ4n) is 3.49. The first-order valence-corrected chi connectivity index (χ1v) is 10.8. The maximum Gasteiger partial charge on any atom is 0.265 e. The zero-order chi connectivity index (χ0) is 19.3. The maximum atomic E-state index is 12.7. The molecule has 0 bridgehead atoms. The lowest BCUT2D eigenvalue weighted by atomic mass is 10.1. The Hall–Kier alpha value is -2.31. The first-order valence-electron chi connectivity index (χ1n) is 10.0. The standard InChI is InChI=1S/C22H26N4OS/c1-2-11-23-18-7-6-8-20-17(18)15-24-19-14-16(9-10-21(19)28-20)22(27)25-26-12-4-3-5-13-26/h6-10,14-15,23H,2-5,11-13H2,1H3,(H,25,27). The highest BCUT2D eigenvalue weighted by molar-refractivity contribution is 7.99. The van der Waals surface area contributed by atoms with Crippen LogP contribution in [0.5, 0.6) is 0 Å². The Morgan fingerprint density at radius 2 is 2.00 bits per heavy atom. The van der Waals surface area contributed by atoms with Gasteiger partial charge in [0.05, 0.1) is 5.69 Å². The molecule has 5 nitrogen and oxygen atoms in total. The molecule has 2 aromatic carbocycles. The van der Waals surface area contributed by atoms with Crippen LogP contribution in [0, 0.1) is 0 Å². The number of nitrogens with one attached hydrogen (secondary N) is 2. The van der Waals surface area contributed by atoms with Crippen molar-refractivity contribution in [2.75, 3.05) is 25.0 Å². The van der Waals surface area contributed by atoms with E-state index < -0.39 is 0 Å². The van der Waals surface area contributed by atoms with Crippen molar-refractivity contribution in [3.63, 3.8) is 0 Å². The lowest BCUT2D eigenvalue weighted by Gasteiger charge is -2.26. The summed E-state index contributed by atoms with van der Waals surface area (Å²) in [6, 6.07) is 12.1. The Kier molecular flexibility index (Phi) is 5.98. The van der Waals surface area contributed by atoms with Gasteiger partial charge in [-0.15, -0.1) is 0 Å². The summed E-state index contributed by atoms with van der Waals surface area (Å²) in [5.41, 5.74) is 6.74. The molecule has 28 heavy (non-hydrogen) atoms.